The molecule has 2 saturated heterocycles. The van der Waals surface area contributed by atoms with Gasteiger partial charge in [0.15, 0.2) is 11.5 Å². The number of aryl methyl sites for hydroxylation is 1. The highest BCUT2D eigenvalue weighted by molar-refractivity contribution is 6.46. The molecule has 2 heterocycles. The summed E-state index contributed by atoms with van der Waals surface area (Å²) in [6.45, 7) is 10.4. The van der Waals surface area contributed by atoms with Gasteiger partial charge in [0.1, 0.15) is 5.76 Å². The number of likely N-dealkylation sites (tertiary alicyclic amines) is 1. The zero-order valence-electron chi connectivity index (χ0n) is 21.2. The van der Waals surface area contributed by atoms with Crippen molar-refractivity contribution < 1.29 is 28.9 Å². The highest BCUT2D eigenvalue weighted by Crippen LogP contribution is 2.42. The van der Waals surface area contributed by atoms with Gasteiger partial charge in [-0.05, 0) is 38.5 Å². The van der Waals surface area contributed by atoms with E-state index in [2.05, 4.69) is 4.90 Å². The van der Waals surface area contributed by atoms with Gasteiger partial charge < -0.3 is 24.2 Å². The molecule has 0 spiro atoms. The van der Waals surface area contributed by atoms with Crippen molar-refractivity contribution in [1.29, 1.82) is 0 Å². The van der Waals surface area contributed by atoms with Crippen molar-refractivity contribution in [1.82, 2.24) is 9.80 Å². The third-order valence-electron chi connectivity index (χ3n) is 6.51. The summed E-state index contributed by atoms with van der Waals surface area (Å²) < 4.78 is 16.9. The number of amides is 1. The van der Waals surface area contributed by atoms with Crippen molar-refractivity contribution >= 4 is 17.4 Å². The Balaban J connectivity index is 1.77. The summed E-state index contributed by atoms with van der Waals surface area (Å²) in [6, 6.07) is 11.9. The second kappa shape index (κ2) is 11.6. The van der Waals surface area contributed by atoms with Crippen LogP contribution in [0, 0.1) is 6.92 Å². The number of benzene rings is 2. The van der Waals surface area contributed by atoms with Crippen molar-refractivity contribution in [2.75, 3.05) is 52.6 Å². The Hall–Kier alpha value is -3.36. The van der Waals surface area contributed by atoms with Crippen molar-refractivity contribution in [2.45, 2.75) is 26.8 Å². The fraction of sp³-hybridized carbons (Fsp3) is 0.429. The van der Waals surface area contributed by atoms with E-state index in [0.717, 1.165) is 18.7 Å². The van der Waals surface area contributed by atoms with E-state index in [0.29, 0.717) is 62.1 Å². The predicted molar refractivity (Wildman–Crippen MR) is 136 cm³/mol. The van der Waals surface area contributed by atoms with Gasteiger partial charge in [-0.15, -0.1) is 0 Å². The molecule has 192 valence electrons. The summed E-state index contributed by atoms with van der Waals surface area (Å²) >= 11 is 0. The van der Waals surface area contributed by atoms with E-state index in [9.17, 15) is 14.7 Å². The first-order valence-corrected chi connectivity index (χ1v) is 12.5. The number of Topliss-reactive ketones (excluding diaryl/α,β-unsaturated/α-hetero) is 1. The molecule has 0 saturated carbocycles. The van der Waals surface area contributed by atoms with Crippen LogP contribution >= 0.6 is 0 Å². The minimum Gasteiger partial charge on any atom is -0.507 e. The van der Waals surface area contributed by atoms with E-state index in [1.165, 1.54) is 0 Å². The smallest absolute Gasteiger partial charge is 0.295 e. The highest BCUT2D eigenvalue weighted by atomic mass is 16.5. The molecule has 4 rings (SSSR count). The first-order valence-electron chi connectivity index (χ1n) is 12.5. The second-order valence-electron chi connectivity index (χ2n) is 8.88. The molecule has 8 heteroatoms. The third-order valence-corrected chi connectivity index (χ3v) is 6.51. The fourth-order valence-corrected chi connectivity index (χ4v) is 4.64. The Kier molecular flexibility index (Phi) is 8.28. The number of rotatable bonds is 9. The monoisotopic (exact) mass is 494 g/mol. The quantitative estimate of drug-likeness (QED) is 0.324. The molecule has 1 N–H and O–H groups in total. The number of carbonyl (C=O) groups excluding carboxylic acids is 2. The molecular formula is C28H34N2O6. The molecular weight excluding hydrogens is 460 g/mol. The molecule has 0 radical (unpaired) electrons. The van der Waals surface area contributed by atoms with Gasteiger partial charge in [0.2, 0.25) is 0 Å². The Labute approximate surface area is 212 Å². The summed E-state index contributed by atoms with van der Waals surface area (Å²) in [4.78, 5) is 30.4. The highest BCUT2D eigenvalue weighted by Gasteiger charge is 2.46. The lowest BCUT2D eigenvalue weighted by Crippen LogP contribution is -2.42. The van der Waals surface area contributed by atoms with Crippen LogP contribution < -0.4 is 9.47 Å². The topological polar surface area (TPSA) is 88.5 Å². The van der Waals surface area contributed by atoms with Gasteiger partial charge in [-0.1, -0.05) is 35.9 Å². The number of ketones is 1. The second-order valence-corrected chi connectivity index (χ2v) is 8.88. The van der Waals surface area contributed by atoms with Crippen LogP contribution in [0.2, 0.25) is 0 Å². The van der Waals surface area contributed by atoms with E-state index in [-0.39, 0.29) is 11.3 Å². The first-order chi connectivity index (χ1) is 17.4. The minimum atomic E-state index is -0.748. The number of hydrogen-bond acceptors (Lipinski definition) is 7. The average Bonchev–Trinajstić information content (AvgIpc) is 3.14. The number of aliphatic hydroxyl groups excluding tert-OH is 1. The van der Waals surface area contributed by atoms with Gasteiger partial charge in [0.25, 0.3) is 11.7 Å². The van der Waals surface area contributed by atoms with Crippen LogP contribution in [-0.4, -0.2) is 79.2 Å². The maximum atomic E-state index is 13.3. The minimum absolute atomic E-state index is 0.0810. The Morgan fingerprint density at radius 2 is 1.64 bits per heavy atom. The molecule has 0 aliphatic carbocycles. The van der Waals surface area contributed by atoms with Gasteiger partial charge in [-0.25, -0.2) is 0 Å². The van der Waals surface area contributed by atoms with Gasteiger partial charge in [-0.2, -0.15) is 0 Å². The molecule has 36 heavy (non-hydrogen) atoms. The van der Waals surface area contributed by atoms with E-state index < -0.39 is 17.7 Å². The number of hydrogen-bond donors (Lipinski definition) is 1. The van der Waals surface area contributed by atoms with Crippen molar-refractivity contribution in [3.05, 3.63) is 64.7 Å². The molecule has 1 amide bonds. The largest absolute Gasteiger partial charge is 0.507 e. The summed E-state index contributed by atoms with van der Waals surface area (Å²) in [7, 11) is 0. The molecule has 0 bridgehead atoms. The fourth-order valence-electron chi connectivity index (χ4n) is 4.64. The van der Waals surface area contributed by atoms with Crippen LogP contribution in [0.5, 0.6) is 11.5 Å². The van der Waals surface area contributed by atoms with Gasteiger partial charge in [0.05, 0.1) is 38.0 Å². The number of nitrogens with zero attached hydrogens (tertiary/aromatic N) is 2. The molecule has 0 aromatic heterocycles. The zero-order chi connectivity index (χ0) is 25.7. The zero-order valence-corrected chi connectivity index (χ0v) is 21.2. The predicted octanol–water partition coefficient (Wildman–Crippen LogP) is 3.55. The maximum absolute atomic E-state index is 13.3. The number of ether oxygens (including phenoxy) is 3. The third kappa shape index (κ3) is 5.39. The Bertz CT molecular complexity index is 1120. The van der Waals surface area contributed by atoms with E-state index in [1.807, 2.05) is 39.0 Å². The summed E-state index contributed by atoms with van der Waals surface area (Å²) in [5.41, 5.74) is 2.28. The van der Waals surface area contributed by atoms with Gasteiger partial charge >= 0.3 is 0 Å². The van der Waals surface area contributed by atoms with Crippen LogP contribution in [0.3, 0.4) is 0 Å². The summed E-state index contributed by atoms with van der Waals surface area (Å²) in [5, 5.41) is 11.3. The van der Waals surface area contributed by atoms with E-state index in [1.54, 1.807) is 29.2 Å². The summed E-state index contributed by atoms with van der Waals surface area (Å²) in [5.74, 6) is -0.363. The lowest BCUT2D eigenvalue weighted by atomic mass is 9.94. The molecule has 2 aromatic carbocycles. The van der Waals surface area contributed by atoms with Crippen molar-refractivity contribution in [3.63, 3.8) is 0 Å². The Morgan fingerprint density at radius 3 is 2.31 bits per heavy atom. The molecule has 8 nitrogen and oxygen atoms in total. The van der Waals surface area contributed by atoms with Crippen LogP contribution in [0.4, 0.5) is 0 Å². The van der Waals surface area contributed by atoms with Crippen LogP contribution in [0.25, 0.3) is 5.76 Å². The SMILES string of the molecule is CCOc1ccc([C@H]2/C(=C(\O)c3ccc(C)cc3)C(=O)C(=O)N2CCN2CCOCC2)cc1OCC. The number of morpholine rings is 1. The van der Waals surface area contributed by atoms with Crippen molar-refractivity contribution in [2.24, 2.45) is 0 Å². The van der Waals surface area contributed by atoms with Crippen molar-refractivity contribution in [3.8, 4) is 11.5 Å². The molecule has 1 atom stereocenters. The van der Waals surface area contributed by atoms with Crippen LogP contribution in [-0.2, 0) is 14.3 Å². The lowest BCUT2D eigenvalue weighted by molar-refractivity contribution is -0.140. The average molecular weight is 495 g/mol. The van der Waals surface area contributed by atoms with Gasteiger partial charge in [-0.3, -0.25) is 14.5 Å². The van der Waals surface area contributed by atoms with E-state index in [4.69, 9.17) is 14.2 Å². The molecule has 2 aliphatic rings. The van der Waals surface area contributed by atoms with Crippen LogP contribution in [0.15, 0.2) is 48.0 Å². The molecule has 2 fully saturated rings. The molecule has 2 aliphatic heterocycles. The van der Waals surface area contributed by atoms with Crippen LogP contribution in [0.1, 0.15) is 36.6 Å². The number of carbonyl (C=O) groups is 2. The summed E-state index contributed by atoms with van der Waals surface area (Å²) in [6.07, 6.45) is 0. The normalized spacial score (nSPS) is 20.1. The van der Waals surface area contributed by atoms with E-state index >= 15 is 0 Å². The number of aliphatic hydroxyl groups is 1. The maximum Gasteiger partial charge on any atom is 0.295 e. The molecule has 2 aromatic rings. The van der Waals surface area contributed by atoms with Gasteiger partial charge in [0, 0.05) is 31.7 Å². The Morgan fingerprint density at radius 1 is 0.972 bits per heavy atom. The molecule has 0 unspecified atom stereocenters. The first kappa shape index (κ1) is 25.7. The standard InChI is InChI=1S/C28H34N2O6/c1-4-35-22-11-10-21(18-23(22)36-5-2)25-24(26(31)20-8-6-19(3)7-9-20)27(32)28(33)30(25)13-12-29-14-16-34-17-15-29/h6-11,18,25,31H,4-5,12-17H2,1-3H3/b26-24+/t25-/m0/s1. The lowest BCUT2D eigenvalue weighted by Gasteiger charge is -2.31.